The van der Waals surface area contributed by atoms with E-state index in [0.717, 1.165) is 16.2 Å². The van der Waals surface area contributed by atoms with Gasteiger partial charge in [0.25, 0.3) is 0 Å². The second-order valence-electron chi connectivity index (χ2n) is 7.06. The molecule has 0 fully saturated rings. The molecule has 3 heterocycles. The maximum Gasteiger partial charge on any atom is 0.141 e. The summed E-state index contributed by atoms with van der Waals surface area (Å²) >= 11 is 0. The van der Waals surface area contributed by atoms with Crippen molar-refractivity contribution in [1.82, 2.24) is 15.0 Å². The van der Waals surface area contributed by atoms with Crippen LogP contribution in [0.15, 0.2) is 110 Å². The molecule has 0 aliphatic heterocycles. The minimum Gasteiger partial charge on any atom is -0.506 e. The number of hydrogen-bond acceptors (Lipinski definition) is 6. The molecule has 7 heteroatoms. The SMILES string of the molecule is Oc1cccc2cccnc12.Oc1cccc2cccnc12.Oc1cccc2cccnc12.[Er]. The number of aromatic nitrogens is 3. The Kier molecular flexibility index (Phi) is 8.98. The first kappa shape index (κ1) is 25.2. The van der Waals surface area contributed by atoms with Gasteiger partial charge in [-0.15, -0.1) is 0 Å². The topological polar surface area (TPSA) is 99.4 Å². The van der Waals surface area contributed by atoms with E-state index in [1.807, 2.05) is 54.6 Å². The first-order valence-corrected chi connectivity index (χ1v) is 10.2. The second kappa shape index (κ2) is 12.1. The van der Waals surface area contributed by atoms with Gasteiger partial charge in [-0.3, -0.25) is 15.0 Å². The Morgan fingerprint density at radius 2 is 0.647 bits per heavy atom. The molecule has 0 saturated carbocycles. The van der Waals surface area contributed by atoms with Crippen LogP contribution in [-0.4, -0.2) is 30.3 Å². The van der Waals surface area contributed by atoms with Crippen molar-refractivity contribution in [1.29, 1.82) is 0 Å². The Balaban J connectivity index is 0.000000141. The zero-order valence-corrected chi connectivity index (χ0v) is 19.7. The predicted molar refractivity (Wildman–Crippen MR) is 130 cm³/mol. The Bertz CT molecular complexity index is 1330. The molecule has 0 unspecified atom stereocenters. The third kappa shape index (κ3) is 6.10. The second-order valence-corrected chi connectivity index (χ2v) is 7.06. The summed E-state index contributed by atoms with van der Waals surface area (Å²) in [5.41, 5.74) is 1.99. The first-order chi connectivity index (χ1) is 16.1. The fraction of sp³-hybridized carbons (Fsp3) is 0. The number of hydrogen-bond donors (Lipinski definition) is 3. The number of pyridine rings is 3. The van der Waals surface area contributed by atoms with Gasteiger partial charge in [-0.1, -0.05) is 54.6 Å². The van der Waals surface area contributed by atoms with Crippen molar-refractivity contribution in [3.63, 3.8) is 0 Å². The summed E-state index contributed by atoms with van der Waals surface area (Å²) in [6.07, 6.45) is 5.01. The number of benzene rings is 3. The summed E-state index contributed by atoms with van der Waals surface area (Å²) in [4.78, 5) is 12.1. The van der Waals surface area contributed by atoms with Crippen molar-refractivity contribution >= 4 is 32.7 Å². The molecule has 6 rings (SSSR count). The Morgan fingerprint density at radius 1 is 0.382 bits per heavy atom. The normalized spacial score (nSPS) is 9.88. The Hall–Kier alpha value is -3.46. The van der Waals surface area contributed by atoms with Crippen molar-refractivity contribution in [2.75, 3.05) is 0 Å². The molecule has 0 bridgehead atoms. The van der Waals surface area contributed by atoms with Crippen LogP contribution in [0.4, 0.5) is 0 Å². The van der Waals surface area contributed by atoms with Gasteiger partial charge in [0, 0.05) is 72.1 Å². The van der Waals surface area contributed by atoms with Crippen LogP contribution in [-0.2, 0) is 0 Å². The molecule has 0 spiro atoms. The van der Waals surface area contributed by atoms with Crippen molar-refractivity contribution < 1.29 is 52.6 Å². The Labute approximate surface area is 225 Å². The van der Waals surface area contributed by atoms with E-state index in [4.69, 9.17) is 0 Å². The van der Waals surface area contributed by atoms with E-state index in [-0.39, 0.29) is 54.6 Å². The minimum absolute atomic E-state index is 0. The average Bonchev–Trinajstić information content (AvgIpc) is 2.86. The summed E-state index contributed by atoms with van der Waals surface area (Å²) in [7, 11) is 0. The molecule has 0 atom stereocenters. The predicted octanol–water partition coefficient (Wildman–Crippen LogP) is 5.82. The first-order valence-electron chi connectivity index (χ1n) is 10.2. The van der Waals surface area contributed by atoms with Crippen molar-refractivity contribution in [2.45, 2.75) is 0 Å². The van der Waals surface area contributed by atoms with Crippen LogP contribution < -0.4 is 0 Å². The van der Waals surface area contributed by atoms with Gasteiger partial charge in [-0.05, 0) is 36.4 Å². The zero-order valence-electron chi connectivity index (χ0n) is 17.9. The van der Waals surface area contributed by atoms with Gasteiger partial charge >= 0.3 is 0 Å². The van der Waals surface area contributed by atoms with Crippen molar-refractivity contribution in [3.8, 4) is 17.2 Å². The van der Waals surface area contributed by atoms with E-state index < -0.39 is 0 Å². The number of phenolic OH excluding ortho intramolecular Hbond substituents is 3. The summed E-state index contributed by atoms with van der Waals surface area (Å²) in [5, 5.41) is 30.8. The number of aromatic hydroxyl groups is 3. The molecule has 0 aliphatic rings. The van der Waals surface area contributed by atoms with Gasteiger partial charge < -0.3 is 15.3 Å². The van der Waals surface area contributed by atoms with E-state index in [0.29, 0.717) is 16.6 Å². The number of phenols is 3. The molecule has 3 aromatic heterocycles. The van der Waals surface area contributed by atoms with Crippen LogP contribution in [0.3, 0.4) is 0 Å². The molecule has 174 valence electrons. The molecule has 6 aromatic rings. The molecule has 0 amide bonds. The van der Waals surface area contributed by atoms with Crippen molar-refractivity contribution in [3.05, 3.63) is 110 Å². The van der Waals surface area contributed by atoms with Gasteiger partial charge in [0.1, 0.15) is 33.8 Å². The molecular weight excluding hydrogens is 582 g/mol. The quantitative estimate of drug-likeness (QED) is 0.203. The van der Waals surface area contributed by atoms with E-state index >= 15 is 0 Å². The number of rotatable bonds is 0. The van der Waals surface area contributed by atoms with Crippen LogP contribution in [0.2, 0.25) is 0 Å². The molecule has 0 saturated heterocycles. The van der Waals surface area contributed by atoms with E-state index in [1.54, 1.807) is 55.0 Å². The maximum atomic E-state index is 9.31. The minimum atomic E-state index is 0. The number of para-hydroxylation sites is 3. The maximum absolute atomic E-state index is 9.31. The largest absolute Gasteiger partial charge is 0.506 e. The molecule has 6 nitrogen and oxygen atoms in total. The molecule has 3 aromatic carbocycles. The Morgan fingerprint density at radius 3 is 0.912 bits per heavy atom. The van der Waals surface area contributed by atoms with Gasteiger partial charge in [0.15, 0.2) is 0 Å². The average molecular weight is 603 g/mol. The van der Waals surface area contributed by atoms with Gasteiger partial charge in [-0.2, -0.15) is 0 Å². The molecule has 34 heavy (non-hydrogen) atoms. The molecule has 3 N–H and O–H groups in total. The third-order valence-electron chi connectivity index (χ3n) is 4.83. The number of nitrogens with zero attached hydrogens (tertiary/aromatic N) is 3. The van der Waals surface area contributed by atoms with E-state index in [1.165, 1.54) is 0 Å². The monoisotopic (exact) mass is 601 g/mol. The number of fused-ring (bicyclic) bond motifs is 3. The van der Waals surface area contributed by atoms with Crippen LogP contribution in [0.5, 0.6) is 17.2 Å². The van der Waals surface area contributed by atoms with Crippen LogP contribution in [0.25, 0.3) is 32.7 Å². The molecule has 0 aliphatic carbocycles. The van der Waals surface area contributed by atoms with E-state index in [2.05, 4.69) is 15.0 Å². The van der Waals surface area contributed by atoms with Crippen LogP contribution in [0.1, 0.15) is 0 Å². The van der Waals surface area contributed by atoms with E-state index in [9.17, 15) is 15.3 Å². The van der Waals surface area contributed by atoms with Gasteiger partial charge in [-0.25, -0.2) is 0 Å². The fourth-order valence-electron chi connectivity index (χ4n) is 3.26. The van der Waals surface area contributed by atoms with Crippen LogP contribution >= 0.6 is 0 Å². The van der Waals surface area contributed by atoms with Crippen LogP contribution in [0, 0.1) is 37.3 Å². The zero-order chi connectivity index (χ0) is 23.0. The summed E-state index contributed by atoms with van der Waals surface area (Å²) in [5.74, 6) is 0.717. The fourth-order valence-corrected chi connectivity index (χ4v) is 3.26. The molecule has 0 radical (unpaired) electrons. The summed E-state index contributed by atoms with van der Waals surface area (Å²) in [6.45, 7) is 0. The van der Waals surface area contributed by atoms with Crippen molar-refractivity contribution in [2.24, 2.45) is 0 Å². The molecular formula is C27H21ErN3O3. The standard InChI is InChI=1S/3C9H7NO.Er/c3*11-8-5-1-3-7-4-2-6-10-9(7)8;/h3*1-6,11H;. The smallest absolute Gasteiger partial charge is 0.141 e. The third-order valence-corrected chi connectivity index (χ3v) is 4.83. The summed E-state index contributed by atoms with van der Waals surface area (Å²) in [6, 6.07) is 27.4. The summed E-state index contributed by atoms with van der Waals surface area (Å²) < 4.78 is 0. The van der Waals surface area contributed by atoms with Gasteiger partial charge in [0.05, 0.1) is 0 Å². The van der Waals surface area contributed by atoms with Gasteiger partial charge in [0.2, 0.25) is 0 Å².